The highest BCUT2D eigenvalue weighted by Crippen LogP contribution is 2.43. The van der Waals surface area contributed by atoms with Crippen LogP contribution in [0.2, 0.25) is 0 Å². The first-order valence-electron chi connectivity index (χ1n) is 16.3. The fourth-order valence-corrected chi connectivity index (χ4v) is 6.23. The molecular weight excluding hydrogens is 561 g/mol. The Morgan fingerprint density at radius 3 is 1.87 bits per heavy atom. The molecule has 0 unspecified atom stereocenters. The second-order valence-electron chi connectivity index (χ2n) is 13.2. The summed E-state index contributed by atoms with van der Waals surface area (Å²) in [7, 11) is -0.411. The smallest absolute Gasteiger partial charge is 0.399 e. The molecule has 1 fully saturated rings. The van der Waals surface area contributed by atoms with Gasteiger partial charge in [0.1, 0.15) is 0 Å². The summed E-state index contributed by atoms with van der Waals surface area (Å²) < 4.78 is 12.8. The van der Waals surface area contributed by atoms with Gasteiger partial charge in [-0.3, -0.25) is 0 Å². The maximum atomic E-state index is 6.39. The van der Waals surface area contributed by atoms with Gasteiger partial charge in [-0.25, -0.2) is 0 Å². The van der Waals surface area contributed by atoms with Crippen molar-refractivity contribution in [3.8, 4) is 22.3 Å². The van der Waals surface area contributed by atoms with Gasteiger partial charge in [0.25, 0.3) is 0 Å². The third-order valence-electron chi connectivity index (χ3n) is 9.54. The van der Waals surface area contributed by atoms with E-state index >= 15 is 0 Å². The first kappa shape index (κ1) is 30.0. The maximum absolute atomic E-state index is 6.39. The van der Waals surface area contributed by atoms with E-state index in [2.05, 4.69) is 178 Å². The van der Waals surface area contributed by atoms with E-state index in [1.807, 2.05) is 0 Å². The van der Waals surface area contributed by atoms with E-state index in [1.165, 1.54) is 33.4 Å². The van der Waals surface area contributed by atoms with Crippen LogP contribution in [-0.2, 0) is 9.31 Å². The summed E-state index contributed by atoms with van der Waals surface area (Å²) in [5.74, 6) is 0. The second kappa shape index (κ2) is 12.3. The lowest BCUT2D eigenvalue weighted by Crippen LogP contribution is -2.41. The van der Waals surface area contributed by atoms with Crippen LogP contribution in [0.15, 0.2) is 146 Å². The molecule has 1 aliphatic heterocycles. The Labute approximate surface area is 274 Å². The van der Waals surface area contributed by atoms with E-state index < -0.39 is 18.3 Å². The number of allylic oxidation sites excluding steroid dienone is 4. The highest BCUT2D eigenvalue weighted by Gasteiger charge is 2.51. The summed E-state index contributed by atoms with van der Waals surface area (Å²) in [5.41, 5.74) is 10.7. The van der Waals surface area contributed by atoms with E-state index in [-0.39, 0.29) is 0 Å². The van der Waals surface area contributed by atoms with Crippen LogP contribution in [0, 0.1) is 0 Å². The molecule has 7 rings (SSSR count). The lowest BCUT2D eigenvalue weighted by Gasteiger charge is -2.32. The maximum Gasteiger partial charge on any atom is 0.494 e. The molecule has 0 N–H and O–H groups in total. The largest absolute Gasteiger partial charge is 0.494 e. The molecule has 4 heteroatoms. The van der Waals surface area contributed by atoms with Gasteiger partial charge in [-0.1, -0.05) is 109 Å². The Balaban J connectivity index is 1.37. The molecule has 0 saturated carbocycles. The minimum absolute atomic E-state index is 0.393. The standard InChI is InChI=1S/C42H40BNO2/c1-41(2)42(3,4)46-43(45-41)36-24-26-37(27-25-36)44(38-22-14-21-34(29-38)31-15-8-5-9-16-31)40-28-23-35(32-17-10-6-11-18-32)30-39(40)33-19-12-7-13-20-33/h6-8,10-30H,5,9H2,1-4H3. The van der Waals surface area contributed by atoms with Gasteiger partial charge in [-0.05, 0) is 110 Å². The minimum Gasteiger partial charge on any atom is -0.399 e. The Morgan fingerprint density at radius 2 is 1.22 bits per heavy atom. The Kier molecular flexibility index (Phi) is 8.02. The van der Waals surface area contributed by atoms with Crippen molar-refractivity contribution in [1.29, 1.82) is 0 Å². The first-order valence-corrected chi connectivity index (χ1v) is 16.3. The van der Waals surface area contributed by atoms with Crippen molar-refractivity contribution in [2.45, 2.75) is 51.7 Å². The van der Waals surface area contributed by atoms with E-state index in [1.54, 1.807) is 0 Å². The normalized spacial score (nSPS) is 16.7. The number of benzene rings is 5. The summed E-state index contributed by atoms with van der Waals surface area (Å²) in [6.07, 6.45) is 9.02. The number of rotatable bonds is 7. The Morgan fingerprint density at radius 1 is 0.565 bits per heavy atom. The fourth-order valence-electron chi connectivity index (χ4n) is 6.23. The number of anilines is 3. The number of hydrogen-bond acceptors (Lipinski definition) is 3. The molecule has 3 nitrogen and oxygen atoms in total. The van der Waals surface area contributed by atoms with Gasteiger partial charge in [-0.15, -0.1) is 0 Å². The lowest BCUT2D eigenvalue weighted by atomic mass is 9.79. The summed E-state index contributed by atoms with van der Waals surface area (Å²) >= 11 is 0. The predicted octanol–water partition coefficient (Wildman–Crippen LogP) is 10.5. The molecule has 46 heavy (non-hydrogen) atoms. The minimum atomic E-state index is -0.411. The molecule has 1 heterocycles. The molecule has 0 spiro atoms. The van der Waals surface area contributed by atoms with Crippen LogP contribution in [0.5, 0.6) is 0 Å². The number of nitrogens with zero attached hydrogens (tertiary/aromatic N) is 1. The van der Waals surface area contributed by atoms with E-state index in [0.717, 1.165) is 35.4 Å². The summed E-state index contributed by atoms with van der Waals surface area (Å²) in [6.45, 7) is 8.38. The third-order valence-corrected chi connectivity index (χ3v) is 9.54. The second-order valence-corrected chi connectivity index (χ2v) is 13.2. The van der Waals surface area contributed by atoms with Crippen LogP contribution in [0.25, 0.3) is 27.8 Å². The van der Waals surface area contributed by atoms with Gasteiger partial charge in [0, 0.05) is 16.9 Å². The van der Waals surface area contributed by atoms with Crippen molar-refractivity contribution in [1.82, 2.24) is 0 Å². The molecule has 0 aromatic heterocycles. The molecule has 0 bridgehead atoms. The van der Waals surface area contributed by atoms with E-state index in [0.29, 0.717) is 0 Å². The average Bonchev–Trinajstić information content (AvgIpc) is 3.32. The van der Waals surface area contributed by atoms with Crippen molar-refractivity contribution in [3.63, 3.8) is 0 Å². The quantitative estimate of drug-likeness (QED) is 0.173. The van der Waals surface area contributed by atoms with E-state index in [9.17, 15) is 0 Å². The summed E-state index contributed by atoms with van der Waals surface area (Å²) in [5, 5.41) is 0. The van der Waals surface area contributed by atoms with Crippen LogP contribution < -0.4 is 10.4 Å². The van der Waals surface area contributed by atoms with Gasteiger partial charge in [0.05, 0.1) is 16.9 Å². The molecule has 2 aliphatic rings. The molecule has 0 amide bonds. The van der Waals surface area contributed by atoms with Crippen LogP contribution in [0.4, 0.5) is 17.1 Å². The van der Waals surface area contributed by atoms with Crippen LogP contribution >= 0.6 is 0 Å². The highest BCUT2D eigenvalue weighted by molar-refractivity contribution is 6.62. The lowest BCUT2D eigenvalue weighted by molar-refractivity contribution is 0.00578. The van der Waals surface area contributed by atoms with Gasteiger partial charge in [0.2, 0.25) is 0 Å². The molecule has 1 aliphatic carbocycles. The highest BCUT2D eigenvalue weighted by atomic mass is 16.7. The van der Waals surface area contributed by atoms with Crippen molar-refractivity contribution < 1.29 is 9.31 Å². The van der Waals surface area contributed by atoms with Crippen LogP contribution in [0.1, 0.15) is 46.1 Å². The van der Waals surface area contributed by atoms with Crippen molar-refractivity contribution in [3.05, 3.63) is 151 Å². The molecule has 5 aromatic rings. The Hall–Kier alpha value is -4.64. The van der Waals surface area contributed by atoms with Crippen LogP contribution in [-0.4, -0.2) is 18.3 Å². The predicted molar refractivity (Wildman–Crippen MR) is 194 cm³/mol. The molecule has 5 aromatic carbocycles. The zero-order chi connectivity index (χ0) is 31.7. The zero-order valence-corrected chi connectivity index (χ0v) is 27.1. The van der Waals surface area contributed by atoms with Gasteiger partial charge < -0.3 is 14.2 Å². The van der Waals surface area contributed by atoms with Gasteiger partial charge >= 0.3 is 7.12 Å². The summed E-state index contributed by atoms with van der Waals surface area (Å²) in [4.78, 5) is 2.38. The van der Waals surface area contributed by atoms with Crippen molar-refractivity contribution in [2.75, 3.05) is 4.90 Å². The molecule has 0 radical (unpaired) electrons. The average molecular weight is 602 g/mol. The topological polar surface area (TPSA) is 21.7 Å². The molecule has 228 valence electrons. The van der Waals surface area contributed by atoms with Crippen LogP contribution in [0.3, 0.4) is 0 Å². The number of hydrogen-bond donors (Lipinski definition) is 0. The van der Waals surface area contributed by atoms with Crippen molar-refractivity contribution in [2.24, 2.45) is 0 Å². The third kappa shape index (κ3) is 5.87. The molecular formula is C42H40BNO2. The molecule has 0 atom stereocenters. The Bertz CT molecular complexity index is 1880. The first-order chi connectivity index (χ1) is 22.3. The fraction of sp³-hybridized carbons (Fsp3) is 0.190. The summed E-state index contributed by atoms with van der Waals surface area (Å²) in [6, 6.07) is 45.7. The van der Waals surface area contributed by atoms with Gasteiger partial charge in [-0.2, -0.15) is 0 Å². The van der Waals surface area contributed by atoms with Crippen molar-refractivity contribution >= 4 is 35.2 Å². The van der Waals surface area contributed by atoms with Gasteiger partial charge in [0.15, 0.2) is 0 Å². The monoisotopic (exact) mass is 601 g/mol. The SMILES string of the molecule is CC1(C)OB(c2ccc(N(c3cccc(C4=CCCC=C4)c3)c3ccc(-c4ccccc4)cc3-c3ccccc3)cc2)OC1(C)C. The molecule has 1 saturated heterocycles. The van der Waals surface area contributed by atoms with E-state index in [4.69, 9.17) is 9.31 Å². The zero-order valence-electron chi connectivity index (χ0n) is 27.1.